The fourth-order valence-electron chi connectivity index (χ4n) is 3.06. The number of nitrogens with one attached hydrogen (secondary N) is 2. The Morgan fingerprint density at radius 3 is 2.89 bits per heavy atom. The standard InChI is InChI=1S/C19H27N5O3/c1-3-22-19(26)24-10-9-23(14-17(24)18(25)21-2)8-5-11-27-16-7-4-6-15(12-16)13-20/h4,6-7,12,17H,3,5,8-11,14H2,1-2H3,(H,21,25)(H,22,26). The predicted molar refractivity (Wildman–Crippen MR) is 101 cm³/mol. The number of hydrogen-bond acceptors (Lipinski definition) is 5. The summed E-state index contributed by atoms with van der Waals surface area (Å²) in [5.74, 6) is 0.522. The number of benzene rings is 1. The van der Waals surface area contributed by atoms with Crippen LogP contribution in [0.5, 0.6) is 5.75 Å². The summed E-state index contributed by atoms with van der Waals surface area (Å²) in [5.41, 5.74) is 0.572. The van der Waals surface area contributed by atoms with E-state index in [1.54, 1.807) is 30.1 Å². The van der Waals surface area contributed by atoms with Crippen LogP contribution in [0.4, 0.5) is 4.79 Å². The predicted octanol–water partition coefficient (Wildman–Crippen LogP) is 0.789. The molecule has 1 aliphatic rings. The van der Waals surface area contributed by atoms with E-state index >= 15 is 0 Å². The molecule has 0 radical (unpaired) electrons. The van der Waals surface area contributed by atoms with E-state index in [0.717, 1.165) is 13.0 Å². The zero-order valence-electron chi connectivity index (χ0n) is 15.9. The Morgan fingerprint density at radius 2 is 2.19 bits per heavy atom. The maximum atomic E-state index is 12.2. The highest BCUT2D eigenvalue weighted by Crippen LogP contribution is 2.14. The van der Waals surface area contributed by atoms with Gasteiger partial charge in [-0.2, -0.15) is 5.26 Å². The second-order valence-electron chi connectivity index (χ2n) is 6.30. The van der Waals surface area contributed by atoms with Gasteiger partial charge < -0.3 is 20.3 Å². The maximum Gasteiger partial charge on any atom is 0.318 e. The molecule has 1 fully saturated rings. The Labute approximate surface area is 160 Å². The van der Waals surface area contributed by atoms with Crippen molar-refractivity contribution in [3.63, 3.8) is 0 Å². The molecule has 0 saturated carbocycles. The number of nitrogens with zero attached hydrogens (tertiary/aromatic N) is 3. The molecule has 3 amide bonds. The lowest BCUT2D eigenvalue weighted by Gasteiger charge is -2.40. The first kappa shape index (κ1) is 20.5. The average molecular weight is 373 g/mol. The van der Waals surface area contributed by atoms with Crippen LogP contribution in [0.15, 0.2) is 24.3 Å². The van der Waals surface area contributed by atoms with Gasteiger partial charge in [-0.05, 0) is 31.5 Å². The summed E-state index contributed by atoms with van der Waals surface area (Å²) >= 11 is 0. The molecule has 1 saturated heterocycles. The minimum atomic E-state index is -0.497. The lowest BCUT2D eigenvalue weighted by molar-refractivity contribution is -0.127. The van der Waals surface area contributed by atoms with Gasteiger partial charge in [0, 0.05) is 39.8 Å². The van der Waals surface area contributed by atoms with Crippen molar-refractivity contribution >= 4 is 11.9 Å². The molecule has 8 nitrogen and oxygen atoms in total. The quantitative estimate of drug-likeness (QED) is 0.689. The fourth-order valence-corrected chi connectivity index (χ4v) is 3.06. The second-order valence-corrected chi connectivity index (χ2v) is 6.30. The average Bonchev–Trinajstić information content (AvgIpc) is 2.70. The van der Waals surface area contributed by atoms with Crippen LogP contribution in [-0.2, 0) is 4.79 Å². The van der Waals surface area contributed by atoms with Crippen LogP contribution in [0.3, 0.4) is 0 Å². The smallest absolute Gasteiger partial charge is 0.318 e. The molecule has 0 bridgehead atoms. The second kappa shape index (κ2) is 10.4. The molecule has 2 rings (SSSR count). The zero-order valence-corrected chi connectivity index (χ0v) is 15.9. The summed E-state index contributed by atoms with van der Waals surface area (Å²) in [4.78, 5) is 28.1. The number of hydrogen-bond donors (Lipinski definition) is 2. The number of carbonyl (C=O) groups excluding carboxylic acids is 2. The first-order valence-corrected chi connectivity index (χ1v) is 9.20. The van der Waals surface area contributed by atoms with Crippen molar-refractivity contribution in [3.05, 3.63) is 29.8 Å². The summed E-state index contributed by atoms with van der Waals surface area (Å²) in [6, 6.07) is 8.46. The van der Waals surface area contributed by atoms with Gasteiger partial charge in [-0.3, -0.25) is 9.69 Å². The van der Waals surface area contributed by atoms with E-state index < -0.39 is 6.04 Å². The maximum absolute atomic E-state index is 12.2. The van der Waals surface area contributed by atoms with Crippen LogP contribution in [-0.4, -0.2) is 74.2 Å². The summed E-state index contributed by atoms with van der Waals surface area (Å²) in [5, 5.41) is 14.3. The van der Waals surface area contributed by atoms with Crippen molar-refractivity contribution in [2.24, 2.45) is 0 Å². The molecule has 27 heavy (non-hydrogen) atoms. The SMILES string of the molecule is CCNC(=O)N1CCN(CCCOc2cccc(C#N)c2)CC1C(=O)NC. The molecule has 1 aromatic carbocycles. The van der Waals surface area contributed by atoms with Gasteiger partial charge >= 0.3 is 6.03 Å². The van der Waals surface area contributed by atoms with Crippen LogP contribution >= 0.6 is 0 Å². The van der Waals surface area contributed by atoms with Gasteiger partial charge in [0.15, 0.2) is 0 Å². The third kappa shape index (κ3) is 5.86. The van der Waals surface area contributed by atoms with Gasteiger partial charge in [-0.15, -0.1) is 0 Å². The van der Waals surface area contributed by atoms with Crippen molar-refractivity contribution in [1.82, 2.24) is 20.4 Å². The van der Waals surface area contributed by atoms with Gasteiger partial charge in [0.1, 0.15) is 11.8 Å². The number of amides is 3. The van der Waals surface area contributed by atoms with Crippen LogP contribution in [0, 0.1) is 11.3 Å². The number of nitriles is 1. The molecule has 1 aromatic rings. The molecular weight excluding hydrogens is 346 g/mol. The van der Waals surface area contributed by atoms with Crippen LogP contribution in [0.25, 0.3) is 0 Å². The van der Waals surface area contributed by atoms with Gasteiger partial charge in [0.2, 0.25) is 5.91 Å². The third-order valence-corrected chi connectivity index (χ3v) is 4.45. The van der Waals surface area contributed by atoms with E-state index in [2.05, 4.69) is 21.6 Å². The van der Waals surface area contributed by atoms with E-state index in [-0.39, 0.29) is 11.9 Å². The minimum absolute atomic E-state index is 0.157. The molecule has 0 spiro atoms. The normalized spacial score (nSPS) is 17.1. The Balaban J connectivity index is 1.82. The summed E-state index contributed by atoms with van der Waals surface area (Å²) < 4.78 is 5.69. The summed E-state index contributed by atoms with van der Waals surface area (Å²) in [7, 11) is 1.58. The molecular formula is C19H27N5O3. The molecule has 1 heterocycles. The number of urea groups is 1. The van der Waals surface area contributed by atoms with Crippen LogP contribution in [0.2, 0.25) is 0 Å². The number of likely N-dealkylation sites (N-methyl/N-ethyl adjacent to an activating group) is 1. The lowest BCUT2D eigenvalue weighted by Crippen LogP contribution is -2.62. The minimum Gasteiger partial charge on any atom is -0.494 e. The Hall–Kier alpha value is -2.79. The largest absolute Gasteiger partial charge is 0.494 e. The van der Waals surface area contributed by atoms with Gasteiger partial charge in [-0.25, -0.2) is 4.79 Å². The van der Waals surface area contributed by atoms with Crippen LogP contribution < -0.4 is 15.4 Å². The highest BCUT2D eigenvalue weighted by atomic mass is 16.5. The highest BCUT2D eigenvalue weighted by molar-refractivity contribution is 5.87. The Bertz CT molecular complexity index is 688. The Kier molecular flexibility index (Phi) is 7.89. The van der Waals surface area contributed by atoms with Crippen molar-refractivity contribution in [3.8, 4) is 11.8 Å². The molecule has 2 N–H and O–H groups in total. The fraction of sp³-hybridized carbons (Fsp3) is 0.526. The topological polar surface area (TPSA) is 97.7 Å². The van der Waals surface area contributed by atoms with Gasteiger partial charge in [0.05, 0.1) is 18.2 Å². The van der Waals surface area contributed by atoms with Crippen molar-refractivity contribution in [2.45, 2.75) is 19.4 Å². The molecule has 1 unspecified atom stereocenters. The number of rotatable bonds is 7. The van der Waals surface area contributed by atoms with E-state index in [1.807, 2.05) is 13.0 Å². The van der Waals surface area contributed by atoms with Gasteiger partial charge in [-0.1, -0.05) is 6.07 Å². The van der Waals surface area contributed by atoms with E-state index in [4.69, 9.17) is 10.00 Å². The number of carbonyl (C=O) groups is 2. The molecule has 0 aromatic heterocycles. The van der Waals surface area contributed by atoms with Gasteiger partial charge in [0.25, 0.3) is 0 Å². The van der Waals surface area contributed by atoms with Crippen molar-refractivity contribution in [1.29, 1.82) is 5.26 Å². The van der Waals surface area contributed by atoms with E-state index in [0.29, 0.717) is 44.1 Å². The molecule has 0 aliphatic carbocycles. The summed E-state index contributed by atoms with van der Waals surface area (Å²) in [6.07, 6.45) is 0.790. The number of ether oxygens (including phenoxy) is 1. The zero-order chi connectivity index (χ0) is 19.6. The molecule has 8 heteroatoms. The monoisotopic (exact) mass is 373 g/mol. The van der Waals surface area contributed by atoms with E-state index in [9.17, 15) is 9.59 Å². The molecule has 1 aliphatic heterocycles. The Morgan fingerprint density at radius 1 is 1.37 bits per heavy atom. The first-order chi connectivity index (χ1) is 13.1. The summed E-state index contributed by atoms with van der Waals surface area (Å²) in [6.45, 7) is 5.41. The van der Waals surface area contributed by atoms with Crippen molar-refractivity contribution in [2.75, 3.05) is 46.4 Å². The van der Waals surface area contributed by atoms with Crippen molar-refractivity contribution < 1.29 is 14.3 Å². The third-order valence-electron chi connectivity index (χ3n) is 4.45. The molecule has 146 valence electrons. The molecule has 1 atom stereocenters. The highest BCUT2D eigenvalue weighted by Gasteiger charge is 2.34. The van der Waals surface area contributed by atoms with E-state index in [1.165, 1.54) is 0 Å². The first-order valence-electron chi connectivity index (χ1n) is 9.20. The van der Waals surface area contributed by atoms with Crippen LogP contribution in [0.1, 0.15) is 18.9 Å². The lowest BCUT2D eigenvalue weighted by atomic mass is 10.1. The number of piperazine rings is 1.